The number of aromatic nitrogens is 2. The number of nitrogens with two attached hydrogens (primary N) is 1. The van der Waals surface area contributed by atoms with Crippen molar-refractivity contribution < 1.29 is 9.85 Å². The molecular weight excluding hydrogens is 268 g/mol. The van der Waals surface area contributed by atoms with Crippen LogP contribution in [0.25, 0.3) is 0 Å². The van der Waals surface area contributed by atoms with Gasteiger partial charge in [0, 0.05) is 11.6 Å². The molecule has 0 spiro atoms. The number of nitrogens with one attached hydrogen (secondary N) is 1. The Bertz CT molecular complexity index is 668. The third-order valence-corrected chi connectivity index (χ3v) is 2.63. The Kier molecular flexibility index (Phi) is 3.57. The normalized spacial score (nSPS) is 10.2. The Morgan fingerprint density at radius 2 is 2.05 bits per heavy atom. The van der Waals surface area contributed by atoms with E-state index in [9.17, 15) is 20.2 Å². The summed E-state index contributed by atoms with van der Waals surface area (Å²) in [4.78, 5) is 23.8. The van der Waals surface area contributed by atoms with E-state index in [4.69, 9.17) is 5.84 Å². The van der Waals surface area contributed by atoms with Crippen molar-refractivity contribution in [2.45, 2.75) is 6.54 Å². The number of hydrogen-bond acceptors (Lipinski definition) is 7. The van der Waals surface area contributed by atoms with Crippen molar-refractivity contribution in [2.24, 2.45) is 5.84 Å². The van der Waals surface area contributed by atoms with Gasteiger partial charge >= 0.3 is 5.82 Å². The van der Waals surface area contributed by atoms with Gasteiger partial charge in [-0.15, -0.1) is 0 Å². The fraction of sp³-hybridized carbons (Fsp3) is 0.100. The van der Waals surface area contributed by atoms with E-state index in [1.54, 1.807) is 6.07 Å². The number of anilines is 1. The zero-order chi connectivity index (χ0) is 14.7. The van der Waals surface area contributed by atoms with Crippen LogP contribution in [0, 0.1) is 20.2 Å². The molecule has 0 amide bonds. The van der Waals surface area contributed by atoms with Crippen LogP contribution in [0.3, 0.4) is 0 Å². The van der Waals surface area contributed by atoms with E-state index >= 15 is 0 Å². The number of nitrogen functional groups attached to an aromatic ring is 1. The van der Waals surface area contributed by atoms with Gasteiger partial charge in [0.05, 0.1) is 11.5 Å². The minimum atomic E-state index is -0.619. The first-order valence-electron chi connectivity index (χ1n) is 5.42. The van der Waals surface area contributed by atoms with Gasteiger partial charge in [0.1, 0.15) is 11.9 Å². The van der Waals surface area contributed by atoms with E-state index in [0.717, 1.165) is 0 Å². The highest BCUT2D eigenvalue weighted by Crippen LogP contribution is 2.28. The summed E-state index contributed by atoms with van der Waals surface area (Å²) in [5.41, 5.74) is 2.80. The molecule has 0 radical (unpaired) electrons. The first kappa shape index (κ1) is 13.4. The molecular formula is C10H10N6O4. The van der Waals surface area contributed by atoms with Crippen molar-refractivity contribution >= 4 is 17.2 Å². The standard InChI is InChI=1S/C10H10N6O4/c11-13-10-7(2-1-3-8(10)15(17)18)4-14-5-9(12-6-14)16(19)20/h1-3,5-6,13H,4,11H2. The van der Waals surface area contributed by atoms with Gasteiger partial charge < -0.3 is 20.1 Å². The topological polar surface area (TPSA) is 142 Å². The van der Waals surface area contributed by atoms with Gasteiger partial charge in [-0.25, -0.2) is 0 Å². The molecule has 3 N–H and O–H groups in total. The van der Waals surface area contributed by atoms with Gasteiger partial charge in [-0.1, -0.05) is 12.1 Å². The second kappa shape index (κ2) is 5.32. The number of hydrazine groups is 1. The summed E-state index contributed by atoms with van der Waals surface area (Å²) < 4.78 is 1.44. The van der Waals surface area contributed by atoms with Crippen LogP contribution in [0.15, 0.2) is 30.7 Å². The average Bonchev–Trinajstić information content (AvgIpc) is 2.87. The maximum Gasteiger partial charge on any atom is 0.381 e. The number of hydrogen-bond donors (Lipinski definition) is 2. The Labute approximate surface area is 112 Å². The minimum Gasteiger partial charge on any atom is -0.358 e. The van der Waals surface area contributed by atoms with Crippen molar-refractivity contribution in [3.05, 3.63) is 56.5 Å². The summed E-state index contributed by atoms with van der Waals surface area (Å²) in [6.45, 7) is 0.169. The maximum absolute atomic E-state index is 10.9. The summed E-state index contributed by atoms with van der Waals surface area (Å²) in [6, 6.07) is 4.46. The molecule has 2 aromatic rings. The fourth-order valence-corrected chi connectivity index (χ4v) is 1.76. The molecule has 0 aliphatic heterocycles. The van der Waals surface area contributed by atoms with E-state index in [1.165, 1.54) is 29.2 Å². The largest absolute Gasteiger partial charge is 0.381 e. The van der Waals surface area contributed by atoms with Crippen LogP contribution in [0.1, 0.15) is 5.56 Å². The smallest absolute Gasteiger partial charge is 0.358 e. The molecule has 10 nitrogen and oxygen atoms in total. The summed E-state index contributed by atoms with van der Waals surface area (Å²) in [6.07, 6.45) is 2.51. The lowest BCUT2D eigenvalue weighted by Gasteiger charge is -2.08. The zero-order valence-corrected chi connectivity index (χ0v) is 10.1. The molecule has 1 heterocycles. The highest BCUT2D eigenvalue weighted by Gasteiger charge is 2.18. The summed E-state index contributed by atoms with van der Waals surface area (Å²) in [5.74, 6) is 5.01. The Morgan fingerprint density at radius 3 is 2.60 bits per heavy atom. The molecule has 20 heavy (non-hydrogen) atoms. The second-order valence-corrected chi connectivity index (χ2v) is 3.87. The minimum absolute atomic E-state index is 0.161. The van der Waals surface area contributed by atoms with E-state index in [-0.39, 0.29) is 23.7 Å². The predicted molar refractivity (Wildman–Crippen MR) is 68.9 cm³/mol. The monoisotopic (exact) mass is 278 g/mol. The summed E-state index contributed by atoms with van der Waals surface area (Å²) >= 11 is 0. The number of nitro benzene ring substituents is 1. The molecule has 0 fully saturated rings. The number of benzene rings is 1. The van der Waals surface area contributed by atoms with E-state index in [0.29, 0.717) is 5.56 Å². The molecule has 0 unspecified atom stereocenters. The third-order valence-electron chi connectivity index (χ3n) is 2.63. The molecule has 0 bridgehead atoms. The molecule has 1 aromatic heterocycles. The predicted octanol–water partition coefficient (Wildman–Crippen LogP) is 1.03. The molecule has 1 aromatic carbocycles. The van der Waals surface area contributed by atoms with Crippen LogP contribution < -0.4 is 11.3 Å². The number of imidazole rings is 1. The summed E-state index contributed by atoms with van der Waals surface area (Å²) in [5, 5.41) is 21.4. The highest BCUT2D eigenvalue weighted by atomic mass is 16.6. The molecule has 2 rings (SSSR count). The Morgan fingerprint density at radius 1 is 1.30 bits per heavy atom. The first-order valence-corrected chi connectivity index (χ1v) is 5.42. The van der Waals surface area contributed by atoms with Crippen molar-refractivity contribution in [1.82, 2.24) is 9.55 Å². The lowest BCUT2D eigenvalue weighted by Crippen LogP contribution is -2.12. The van der Waals surface area contributed by atoms with Gasteiger partial charge in [0.15, 0.2) is 0 Å². The van der Waals surface area contributed by atoms with E-state index < -0.39 is 9.85 Å². The summed E-state index contributed by atoms with van der Waals surface area (Å²) in [7, 11) is 0. The van der Waals surface area contributed by atoms with Crippen molar-refractivity contribution in [1.29, 1.82) is 0 Å². The van der Waals surface area contributed by atoms with E-state index in [2.05, 4.69) is 10.4 Å². The van der Waals surface area contributed by atoms with E-state index in [1.807, 2.05) is 0 Å². The lowest BCUT2D eigenvalue weighted by atomic mass is 10.1. The van der Waals surface area contributed by atoms with Crippen molar-refractivity contribution in [3.63, 3.8) is 0 Å². The molecule has 10 heteroatoms. The Hall–Kier alpha value is -3.01. The molecule has 0 saturated carbocycles. The van der Waals surface area contributed by atoms with Crippen molar-refractivity contribution in [2.75, 3.05) is 5.43 Å². The number of rotatable bonds is 5. The highest BCUT2D eigenvalue weighted by molar-refractivity contribution is 5.65. The van der Waals surface area contributed by atoms with Crippen molar-refractivity contribution in [3.8, 4) is 0 Å². The van der Waals surface area contributed by atoms with Gasteiger partial charge in [-0.05, 0) is 9.91 Å². The zero-order valence-electron chi connectivity index (χ0n) is 10.1. The quantitative estimate of drug-likeness (QED) is 0.472. The molecule has 0 aliphatic rings. The van der Waals surface area contributed by atoms with Crippen LogP contribution in [0.2, 0.25) is 0 Å². The number of nitrogens with zero attached hydrogens (tertiary/aromatic N) is 4. The average molecular weight is 278 g/mol. The van der Waals surface area contributed by atoms with Gasteiger partial charge in [-0.2, -0.15) is 0 Å². The lowest BCUT2D eigenvalue weighted by molar-refractivity contribution is -0.389. The molecule has 0 aliphatic carbocycles. The first-order chi connectivity index (χ1) is 9.52. The SMILES string of the molecule is NNc1c(Cn2cnc([N+](=O)[O-])c2)cccc1[N+](=O)[O-]. The molecule has 0 saturated heterocycles. The van der Waals surface area contributed by atoms with Gasteiger partial charge in [-0.3, -0.25) is 16.0 Å². The molecule has 104 valence electrons. The van der Waals surface area contributed by atoms with Crippen LogP contribution in [-0.4, -0.2) is 19.4 Å². The maximum atomic E-state index is 10.9. The van der Waals surface area contributed by atoms with Crippen LogP contribution in [0.4, 0.5) is 17.2 Å². The van der Waals surface area contributed by atoms with Crippen LogP contribution in [0.5, 0.6) is 0 Å². The molecule has 0 atom stereocenters. The van der Waals surface area contributed by atoms with Crippen LogP contribution >= 0.6 is 0 Å². The van der Waals surface area contributed by atoms with Gasteiger partial charge in [0.2, 0.25) is 6.33 Å². The Balaban J connectivity index is 2.35. The van der Waals surface area contributed by atoms with Crippen LogP contribution in [-0.2, 0) is 6.54 Å². The number of para-hydroxylation sites is 1. The van der Waals surface area contributed by atoms with Gasteiger partial charge in [0.25, 0.3) is 5.69 Å². The second-order valence-electron chi connectivity index (χ2n) is 3.87. The third kappa shape index (κ3) is 2.54. The number of nitro groups is 2. The fourth-order valence-electron chi connectivity index (χ4n) is 1.76.